The minimum Gasteiger partial charge on any atom is -0.396 e. The highest BCUT2D eigenvalue weighted by Crippen LogP contribution is 2.36. The molecule has 2 saturated carbocycles. The van der Waals surface area contributed by atoms with Crippen LogP contribution in [-0.2, 0) is 0 Å². The smallest absolute Gasteiger partial charge is 0.0474 e. The number of rotatable bonds is 5. The molecule has 2 heteroatoms. The van der Waals surface area contributed by atoms with Crippen molar-refractivity contribution in [1.82, 2.24) is 5.32 Å². The zero-order chi connectivity index (χ0) is 7.68. The Labute approximate surface area is 68.0 Å². The van der Waals surface area contributed by atoms with E-state index in [9.17, 15) is 0 Å². The lowest BCUT2D eigenvalue weighted by atomic mass is 10.1. The molecule has 11 heavy (non-hydrogen) atoms. The van der Waals surface area contributed by atoms with Crippen molar-refractivity contribution < 1.29 is 5.11 Å². The summed E-state index contributed by atoms with van der Waals surface area (Å²) in [6.07, 6.45) is 5.39. The molecule has 0 bridgehead atoms. The van der Waals surface area contributed by atoms with Crippen LogP contribution in [0.5, 0.6) is 0 Å². The predicted octanol–water partition coefficient (Wildman–Crippen LogP) is 0.757. The standard InChI is InChI=1S/C9H17NO/c11-6-8(7-1-2-7)5-10-9-3-4-9/h7-11H,1-6H2. The molecule has 0 aromatic heterocycles. The average molecular weight is 155 g/mol. The van der Waals surface area contributed by atoms with Crippen molar-refractivity contribution in [3.8, 4) is 0 Å². The van der Waals surface area contributed by atoms with Gasteiger partial charge in [-0.25, -0.2) is 0 Å². The van der Waals surface area contributed by atoms with E-state index in [1.807, 2.05) is 0 Å². The summed E-state index contributed by atoms with van der Waals surface area (Å²) in [5, 5.41) is 12.5. The van der Waals surface area contributed by atoms with Gasteiger partial charge >= 0.3 is 0 Å². The maximum atomic E-state index is 9.03. The minimum absolute atomic E-state index is 0.379. The fourth-order valence-corrected chi connectivity index (χ4v) is 1.55. The van der Waals surface area contributed by atoms with Gasteiger partial charge in [0.25, 0.3) is 0 Å². The normalized spacial score (nSPS) is 27.0. The Morgan fingerprint density at radius 3 is 2.45 bits per heavy atom. The zero-order valence-electron chi connectivity index (χ0n) is 6.92. The van der Waals surface area contributed by atoms with Gasteiger partial charge in [-0.15, -0.1) is 0 Å². The summed E-state index contributed by atoms with van der Waals surface area (Å²) in [7, 11) is 0. The highest BCUT2D eigenvalue weighted by atomic mass is 16.3. The first-order valence-electron chi connectivity index (χ1n) is 4.74. The summed E-state index contributed by atoms with van der Waals surface area (Å²) in [5.74, 6) is 1.39. The van der Waals surface area contributed by atoms with Crippen molar-refractivity contribution in [2.24, 2.45) is 11.8 Å². The molecule has 2 fully saturated rings. The van der Waals surface area contributed by atoms with Crippen LogP contribution >= 0.6 is 0 Å². The Morgan fingerprint density at radius 2 is 2.00 bits per heavy atom. The minimum atomic E-state index is 0.379. The van der Waals surface area contributed by atoms with Crippen molar-refractivity contribution in [2.45, 2.75) is 31.7 Å². The molecular weight excluding hydrogens is 138 g/mol. The summed E-state index contributed by atoms with van der Waals surface area (Å²) in [6, 6.07) is 0.794. The number of hydrogen-bond acceptors (Lipinski definition) is 2. The molecule has 0 amide bonds. The van der Waals surface area contributed by atoms with E-state index in [4.69, 9.17) is 5.11 Å². The summed E-state index contributed by atoms with van der Waals surface area (Å²) in [4.78, 5) is 0. The van der Waals surface area contributed by atoms with Gasteiger partial charge in [0.15, 0.2) is 0 Å². The first-order chi connectivity index (χ1) is 5.40. The third-order valence-electron chi connectivity index (χ3n) is 2.77. The Bertz CT molecular complexity index is 130. The molecule has 2 rings (SSSR count). The van der Waals surface area contributed by atoms with Crippen molar-refractivity contribution in [3.63, 3.8) is 0 Å². The van der Waals surface area contributed by atoms with E-state index in [0.29, 0.717) is 12.5 Å². The van der Waals surface area contributed by atoms with Crippen LogP contribution in [0.15, 0.2) is 0 Å². The number of nitrogens with one attached hydrogen (secondary N) is 1. The second-order valence-electron chi connectivity index (χ2n) is 3.96. The third kappa shape index (κ3) is 2.17. The lowest BCUT2D eigenvalue weighted by Crippen LogP contribution is -2.28. The maximum Gasteiger partial charge on any atom is 0.0474 e. The lowest BCUT2D eigenvalue weighted by molar-refractivity contribution is 0.206. The van der Waals surface area contributed by atoms with Gasteiger partial charge < -0.3 is 10.4 Å². The van der Waals surface area contributed by atoms with E-state index >= 15 is 0 Å². The largest absolute Gasteiger partial charge is 0.396 e. The van der Waals surface area contributed by atoms with Crippen LogP contribution in [0.1, 0.15) is 25.7 Å². The average Bonchev–Trinajstić information content (AvgIpc) is 2.85. The molecule has 0 aliphatic heterocycles. The highest BCUT2D eigenvalue weighted by molar-refractivity contribution is 4.86. The van der Waals surface area contributed by atoms with Crippen LogP contribution in [0.25, 0.3) is 0 Å². The van der Waals surface area contributed by atoms with Crippen LogP contribution in [0, 0.1) is 11.8 Å². The summed E-state index contributed by atoms with van der Waals surface area (Å²) in [5.41, 5.74) is 0. The molecule has 2 aliphatic carbocycles. The van der Waals surface area contributed by atoms with Crippen molar-refractivity contribution in [3.05, 3.63) is 0 Å². The van der Waals surface area contributed by atoms with Gasteiger partial charge in [0.05, 0.1) is 0 Å². The van der Waals surface area contributed by atoms with Gasteiger partial charge in [0.1, 0.15) is 0 Å². The Hall–Kier alpha value is -0.0800. The Balaban J connectivity index is 1.63. The number of aliphatic hydroxyl groups excluding tert-OH is 1. The summed E-state index contributed by atoms with van der Waals surface area (Å²) >= 11 is 0. The first kappa shape index (κ1) is 7.56. The van der Waals surface area contributed by atoms with Crippen molar-refractivity contribution >= 4 is 0 Å². The van der Waals surface area contributed by atoms with Gasteiger partial charge in [0.2, 0.25) is 0 Å². The molecule has 2 nitrogen and oxygen atoms in total. The fourth-order valence-electron chi connectivity index (χ4n) is 1.55. The third-order valence-corrected chi connectivity index (χ3v) is 2.77. The number of hydrogen-bond donors (Lipinski definition) is 2. The van der Waals surface area contributed by atoms with E-state index in [1.54, 1.807) is 0 Å². The summed E-state index contributed by atoms with van der Waals surface area (Å²) < 4.78 is 0. The molecule has 0 aromatic rings. The topological polar surface area (TPSA) is 32.3 Å². The Morgan fingerprint density at radius 1 is 1.27 bits per heavy atom. The van der Waals surface area contributed by atoms with Gasteiger partial charge in [-0.2, -0.15) is 0 Å². The van der Waals surface area contributed by atoms with Crippen LogP contribution < -0.4 is 5.32 Å². The molecule has 2 N–H and O–H groups in total. The highest BCUT2D eigenvalue weighted by Gasteiger charge is 2.31. The van der Waals surface area contributed by atoms with Gasteiger partial charge in [-0.1, -0.05) is 0 Å². The van der Waals surface area contributed by atoms with Gasteiger partial charge in [-0.3, -0.25) is 0 Å². The zero-order valence-corrected chi connectivity index (χ0v) is 6.92. The monoisotopic (exact) mass is 155 g/mol. The van der Waals surface area contributed by atoms with Crippen LogP contribution in [0.3, 0.4) is 0 Å². The first-order valence-corrected chi connectivity index (χ1v) is 4.74. The molecule has 0 spiro atoms. The van der Waals surface area contributed by atoms with Crippen LogP contribution in [-0.4, -0.2) is 24.3 Å². The van der Waals surface area contributed by atoms with Crippen molar-refractivity contribution in [2.75, 3.05) is 13.2 Å². The van der Waals surface area contributed by atoms with Gasteiger partial charge in [-0.05, 0) is 37.5 Å². The molecule has 0 radical (unpaired) electrons. The SMILES string of the molecule is OCC(CNC1CC1)C1CC1. The molecule has 1 unspecified atom stereocenters. The molecule has 2 aliphatic rings. The second kappa shape index (κ2) is 3.11. The quantitative estimate of drug-likeness (QED) is 0.614. The van der Waals surface area contributed by atoms with E-state index in [2.05, 4.69) is 5.32 Å². The van der Waals surface area contributed by atoms with Gasteiger partial charge in [0, 0.05) is 19.2 Å². The molecular formula is C9H17NO. The summed E-state index contributed by atoms with van der Waals surface area (Å²) in [6.45, 7) is 1.43. The molecule has 64 valence electrons. The van der Waals surface area contributed by atoms with Crippen LogP contribution in [0.4, 0.5) is 0 Å². The Kier molecular flexibility index (Phi) is 2.14. The lowest BCUT2D eigenvalue weighted by Gasteiger charge is -2.12. The number of aliphatic hydroxyl groups is 1. The predicted molar refractivity (Wildman–Crippen MR) is 44.3 cm³/mol. The molecule has 0 aromatic carbocycles. The van der Waals surface area contributed by atoms with E-state index < -0.39 is 0 Å². The van der Waals surface area contributed by atoms with Crippen LogP contribution in [0.2, 0.25) is 0 Å². The van der Waals surface area contributed by atoms with E-state index in [1.165, 1.54) is 25.7 Å². The molecule has 0 heterocycles. The van der Waals surface area contributed by atoms with Crippen molar-refractivity contribution in [1.29, 1.82) is 0 Å². The molecule has 1 atom stereocenters. The maximum absolute atomic E-state index is 9.03. The molecule has 0 saturated heterocycles. The van der Waals surface area contributed by atoms with E-state index in [-0.39, 0.29) is 0 Å². The fraction of sp³-hybridized carbons (Fsp3) is 1.00. The second-order valence-corrected chi connectivity index (χ2v) is 3.96. The van der Waals surface area contributed by atoms with E-state index in [0.717, 1.165) is 18.5 Å².